The van der Waals surface area contributed by atoms with Gasteiger partial charge in [0.25, 0.3) is 0 Å². The molecule has 0 bridgehead atoms. The molecule has 0 saturated carbocycles. The van der Waals surface area contributed by atoms with E-state index in [-0.39, 0.29) is 0 Å². The zero-order chi connectivity index (χ0) is 7.28. The van der Waals surface area contributed by atoms with E-state index in [9.17, 15) is 0 Å². The van der Waals surface area contributed by atoms with Gasteiger partial charge in [0, 0.05) is 6.61 Å². The van der Waals surface area contributed by atoms with E-state index in [0.29, 0.717) is 12.5 Å². The maximum atomic E-state index is 8.62. The maximum Gasteiger partial charge on any atom is 0.0459 e. The monoisotopic (exact) mass is 128 g/mol. The molecule has 0 aromatic rings. The van der Waals surface area contributed by atoms with Crippen molar-refractivity contribution in [2.45, 2.75) is 27.2 Å². The Morgan fingerprint density at radius 1 is 1.56 bits per heavy atom. The minimum absolute atomic E-state index is 0.295. The lowest BCUT2D eigenvalue weighted by Crippen LogP contribution is -1.97. The number of rotatable bonds is 3. The average Bonchev–Trinajstić information content (AvgIpc) is 1.83. The van der Waals surface area contributed by atoms with Crippen molar-refractivity contribution in [3.63, 3.8) is 0 Å². The standard InChI is InChI=1S/C8H16O/c1-7(2)4-5-8(3)6-9/h4,8-9H,5-6H2,1-3H3/t8-/m1/s1. The first-order valence-electron chi connectivity index (χ1n) is 3.41. The summed E-state index contributed by atoms with van der Waals surface area (Å²) in [7, 11) is 0. The van der Waals surface area contributed by atoms with Crippen LogP contribution in [0.1, 0.15) is 27.2 Å². The molecule has 0 aliphatic heterocycles. The predicted molar refractivity (Wildman–Crippen MR) is 40.3 cm³/mol. The molecule has 0 fully saturated rings. The van der Waals surface area contributed by atoms with Crippen molar-refractivity contribution in [3.05, 3.63) is 11.6 Å². The van der Waals surface area contributed by atoms with Crippen molar-refractivity contribution in [3.8, 4) is 0 Å². The van der Waals surface area contributed by atoms with Gasteiger partial charge in [-0.1, -0.05) is 18.6 Å². The molecule has 1 nitrogen and oxygen atoms in total. The summed E-state index contributed by atoms with van der Waals surface area (Å²) in [5.41, 5.74) is 1.33. The van der Waals surface area contributed by atoms with Crippen LogP contribution in [0.25, 0.3) is 0 Å². The van der Waals surface area contributed by atoms with Crippen molar-refractivity contribution in [2.24, 2.45) is 5.92 Å². The lowest BCUT2D eigenvalue weighted by Gasteiger charge is -2.01. The lowest BCUT2D eigenvalue weighted by molar-refractivity contribution is 0.238. The van der Waals surface area contributed by atoms with Crippen LogP contribution in [0.3, 0.4) is 0 Å². The first-order chi connectivity index (χ1) is 4.16. The highest BCUT2D eigenvalue weighted by atomic mass is 16.3. The van der Waals surface area contributed by atoms with E-state index in [0.717, 1.165) is 6.42 Å². The average molecular weight is 128 g/mol. The molecule has 0 radical (unpaired) electrons. The second-order valence-corrected chi connectivity index (χ2v) is 2.80. The predicted octanol–water partition coefficient (Wildman–Crippen LogP) is 1.97. The fourth-order valence-electron chi connectivity index (χ4n) is 0.511. The SMILES string of the molecule is CC(C)=CC[C@@H](C)CO. The van der Waals surface area contributed by atoms with Crippen molar-refractivity contribution < 1.29 is 5.11 Å². The number of hydrogen-bond donors (Lipinski definition) is 1. The first kappa shape index (κ1) is 8.70. The Morgan fingerprint density at radius 3 is 2.44 bits per heavy atom. The molecule has 1 N–H and O–H groups in total. The molecule has 1 atom stereocenters. The molecule has 0 rings (SSSR count). The van der Waals surface area contributed by atoms with Gasteiger partial charge in [0.15, 0.2) is 0 Å². The van der Waals surface area contributed by atoms with Gasteiger partial charge in [-0.15, -0.1) is 0 Å². The summed E-state index contributed by atoms with van der Waals surface area (Å²) in [6, 6.07) is 0. The lowest BCUT2D eigenvalue weighted by atomic mass is 10.1. The van der Waals surface area contributed by atoms with Crippen LogP contribution in [0, 0.1) is 5.92 Å². The molecule has 0 aromatic heterocycles. The van der Waals surface area contributed by atoms with Gasteiger partial charge in [-0.25, -0.2) is 0 Å². The molecule has 54 valence electrons. The first-order valence-corrected chi connectivity index (χ1v) is 3.41. The molecular weight excluding hydrogens is 112 g/mol. The number of aliphatic hydroxyl groups is 1. The van der Waals surface area contributed by atoms with Crippen LogP contribution >= 0.6 is 0 Å². The largest absolute Gasteiger partial charge is 0.396 e. The Hall–Kier alpha value is -0.300. The van der Waals surface area contributed by atoms with E-state index >= 15 is 0 Å². The zero-order valence-electron chi connectivity index (χ0n) is 6.52. The molecule has 0 saturated heterocycles. The van der Waals surface area contributed by atoms with Crippen molar-refractivity contribution in [1.82, 2.24) is 0 Å². The summed E-state index contributed by atoms with van der Waals surface area (Å²) >= 11 is 0. The molecule has 0 heterocycles. The van der Waals surface area contributed by atoms with Crippen LogP contribution in [0.15, 0.2) is 11.6 Å². The molecule has 0 aromatic carbocycles. The van der Waals surface area contributed by atoms with E-state index in [1.807, 2.05) is 6.92 Å². The van der Waals surface area contributed by atoms with Crippen molar-refractivity contribution >= 4 is 0 Å². The van der Waals surface area contributed by atoms with E-state index in [4.69, 9.17) is 5.11 Å². The van der Waals surface area contributed by atoms with E-state index in [1.54, 1.807) is 0 Å². The highest BCUT2D eigenvalue weighted by molar-refractivity contribution is 4.93. The number of hydrogen-bond acceptors (Lipinski definition) is 1. The van der Waals surface area contributed by atoms with Gasteiger partial charge in [-0.05, 0) is 26.2 Å². The van der Waals surface area contributed by atoms with Crippen molar-refractivity contribution in [2.75, 3.05) is 6.61 Å². The van der Waals surface area contributed by atoms with E-state index in [2.05, 4.69) is 19.9 Å². The molecule has 1 heteroatoms. The minimum atomic E-state index is 0.295. The molecule has 9 heavy (non-hydrogen) atoms. The normalized spacial score (nSPS) is 12.9. The van der Waals surface area contributed by atoms with Crippen LogP contribution in [-0.4, -0.2) is 11.7 Å². The Bertz CT molecular complexity index is 90.7. The fraction of sp³-hybridized carbons (Fsp3) is 0.750. The maximum absolute atomic E-state index is 8.62. The zero-order valence-corrected chi connectivity index (χ0v) is 6.52. The van der Waals surface area contributed by atoms with Gasteiger partial charge >= 0.3 is 0 Å². The van der Waals surface area contributed by atoms with Crippen LogP contribution < -0.4 is 0 Å². The minimum Gasteiger partial charge on any atom is -0.396 e. The summed E-state index contributed by atoms with van der Waals surface area (Å²) in [6.07, 6.45) is 3.15. The smallest absolute Gasteiger partial charge is 0.0459 e. The van der Waals surface area contributed by atoms with Gasteiger partial charge in [0.1, 0.15) is 0 Å². The van der Waals surface area contributed by atoms with Gasteiger partial charge in [0.2, 0.25) is 0 Å². The molecule has 0 aliphatic carbocycles. The van der Waals surface area contributed by atoms with Crippen LogP contribution in [0.2, 0.25) is 0 Å². The highest BCUT2D eigenvalue weighted by Crippen LogP contribution is 2.03. The quantitative estimate of drug-likeness (QED) is 0.576. The topological polar surface area (TPSA) is 20.2 Å². The van der Waals surface area contributed by atoms with E-state index < -0.39 is 0 Å². The van der Waals surface area contributed by atoms with Gasteiger partial charge < -0.3 is 5.11 Å². The molecule has 0 aliphatic rings. The van der Waals surface area contributed by atoms with Gasteiger partial charge in [0.05, 0.1) is 0 Å². The van der Waals surface area contributed by atoms with Crippen LogP contribution in [-0.2, 0) is 0 Å². The summed E-state index contributed by atoms with van der Waals surface area (Å²) in [4.78, 5) is 0. The van der Waals surface area contributed by atoms with E-state index in [1.165, 1.54) is 5.57 Å². The molecule has 0 amide bonds. The number of allylic oxidation sites excluding steroid dienone is 2. The second kappa shape index (κ2) is 4.57. The summed E-state index contributed by atoms with van der Waals surface area (Å²) < 4.78 is 0. The van der Waals surface area contributed by atoms with Crippen LogP contribution in [0.5, 0.6) is 0 Å². The number of aliphatic hydroxyl groups excluding tert-OH is 1. The van der Waals surface area contributed by atoms with Gasteiger partial charge in [-0.3, -0.25) is 0 Å². The third-order valence-electron chi connectivity index (χ3n) is 1.24. The molecular formula is C8H16O. The summed E-state index contributed by atoms with van der Waals surface area (Å²) in [6.45, 7) is 6.48. The Balaban J connectivity index is 3.37. The Morgan fingerprint density at radius 2 is 2.11 bits per heavy atom. The van der Waals surface area contributed by atoms with Crippen molar-refractivity contribution in [1.29, 1.82) is 0 Å². The molecule has 0 unspecified atom stereocenters. The van der Waals surface area contributed by atoms with Crippen LogP contribution in [0.4, 0.5) is 0 Å². The summed E-state index contributed by atoms with van der Waals surface area (Å²) in [5, 5.41) is 8.62. The Labute approximate surface area is 57.4 Å². The molecule has 0 spiro atoms. The highest BCUT2D eigenvalue weighted by Gasteiger charge is 1.94. The third-order valence-corrected chi connectivity index (χ3v) is 1.24. The summed E-state index contributed by atoms with van der Waals surface area (Å²) in [5.74, 6) is 0.417. The Kier molecular flexibility index (Phi) is 4.41. The third kappa shape index (κ3) is 5.57. The van der Waals surface area contributed by atoms with Gasteiger partial charge in [-0.2, -0.15) is 0 Å². The fourth-order valence-corrected chi connectivity index (χ4v) is 0.511. The second-order valence-electron chi connectivity index (χ2n) is 2.80.